The molecule has 0 aliphatic heterocycles. The third kappa shape index (κ3) is 4.91. The highest BCUT2D eigenvalue weighted by molar-refractivity contribution is 7.99. The van der Waals surface area contributed by atoms with Gasteiger partial charge in [0.25, 0.3) is 5.56 Å². The molecule has 1 N–H and O–H groups in total. The summed E-state index contributed by atoms with van der Waals surface area (Å²) >= 11 is 7.48. The minimum absolute atomic E-state index is 0.102. The fraction of sp³-hybridized carbons (Fsp3) is 0.273. The molecule has 160 valence electrons. The van der Waals surface area contributed by atoms with Gasteiger partial charge < -0.3 is 10.1 Å². The molecule has 2 aromatic carbocycles. The lowest BCUT2D eigenvalue weighted by atomic mass is 10.1. The zero-order chi connectivity index (χ0) is 22.0. The van der Waals surface area contributed by atoms with Crippen LogP contribution in [0.4, 0.5) is 0 Å². The van der Waals surface area contributed by atoms with Crippen LogP contribution in [0.3, 0.4) is 0 Å². The summed E-state index contributed by atoms with van der Waals surface area (Å²) in [5.74, 6) is -0.482. The van der Waals surface area contributed by atoms with Crippen LogP contribution in [0.5, 0.6) is 0 Å². The van der Waals surface area contributed by atoms with Gasteiger partial charge in [0.05, 0.1) is 35.9 Å². The van der Waals surface area contributed by atoms with E-state index in [0.717, 1.165) is 18.4 Å². The summed E-state index contributed by atoms with van der Waals surface area (Å²) < 4.78 is 6.27. The molecule has 3 aromatic rings. The second kappa shape index (κ2) is 9.11. The number of rotatable bonds is 7. The monoisotopic (exact) mass is 457 g/mol. The van der Waals surface area contributed by atoms with Gasteiger partial charge in [-0.15, -0.1) is 0 Å². The summed E-state index contributed by atoms with van der Waals surface area (Å²) in [7, 11) is 1.29. The fourth-order valence-corrected chi connectivity index (χ4v) is 4.12. The zero-order valence-electron chi connectivity index (χ0n) is 16.8. The van der Waals surface area contributed by atoms with E-state index in [1.54, 1.807) is 12.1 Å². The Hall–Kier alpha value is -2.84. The van der Waals surface area contributed by atoms with Crippen molar-refractivity contribution >= 4 is 46.1 Å². The third-order valence-electron chi connectivity index (χ3n) is 4.90. The number of esters is 1. The van der Waals surface area contributed by atoms with Gasteiger partial charge in [0.2, 0.25) is 5.91 Å². The molecule has 1 aromatic heterocycles. The van der Waals surface area contributed by atoms with E-state index in [1.165, 1.54) is 35.6 Å². The first-order valence-electron chi connectivity index (χ1n) is 9.74. The van der Waals surface area contributed by atoms with E-state index in [9.17, 15) is 14.4 Å². The second-order valence-electron chi connectivity index (χ2n) is 7.23. The molecule has 1 heterocycles. The Morgan fingerprint density at radius 2 is 2.03 bits per heavy atom. The molecule has 1 fully saturated rings. The highest BCUT2D eigenvalue weighted by Crippen LogP contribution is 2.23. The van der Waals surface area contributed by atoms with Gasteiger partial charge in [-0.1, -0.05) is 41.6 Å². The van der Waals surface area contributed by atoms with Crippen molar-refractivity contribution in [3.63, 3.8) is 0 Å². The molecular formula is C22H20ClN3O4S. The SMILES string of the molecule is COC(=O)c1ccc2c(=O)n(Cc3ccccc3Cl)c(SCC(=O)NC3CC3)nc2c1. The molecule has 0 atom stereocenters. The molecule has 1 saturated carbocycles. The number of amides is 1. The first-order chi connectivity index (χ1) is 15.0. The van der Waals surface area contributed by atoms with Gasteiger partial charge in [0, 0.05) is 11.1 Å². The van der Waals surface area contributed by atoms with Gasteiger partial charge in [-0.05, 0) is 42.7 Å². The summed E-state index contributed by atoms with van der Waals surface area (Å²) in [6.07, 6.45) is 2.00. The van der Waals surface area contributed by atoms with Gasteiger partial charge in [-0.3, -0.25) is 14.2 Å². The van der Waals surface area contributed by atoms with E-state index in [4.69, 9.17) is 16.3 Å². The lowest BCUT2D eigenvalue weighted by molar-refractivity contribution is -0.118. The molecule has 31 heavy (non-hydrogen) atoms. The number of hydrogen-bond acceptors (Lipinski definition) is 6. The number of nitrogens with one attached hydrogen (secondary N) is 1. The van der Waals surface area contributed by atoms with Gasteiger partial charge in [0.1, 0.15) is 0 Å². The van der Waals surface area contributed by atoms with Crippen LogP contribution < -0.4 is 10.9 Å². The number of methoxy groups -OCH3 is 1. The number of halogens is 1. The summed E-state index contributed by atoms with van der Waals surface area (Å²) in [6.45, 7) is 0.215. The molecule has 4 rings (SSSR count). The molecule has 7 nitrogen and oxygen atoms in total. The number of carbonyl (C=O) groups excluding carboxylic acids is 2. The van der Waals surface area contributed by atoms with Crippen LogP contribution in [0.2, 0.25) is 5.02 Å². The summed E-state index contributed by atoms with van der Waals surface area (Å²) in [5, 5.41) is 4.22. The molecule has 0 bridgehead atoms. The molecular weight excluding hydrogens is 438 g/mol. The minimum Gasteiger partial charge on any atom is -0.465 e. The maximum Gasteiger partial charge on any atom is 0.337 e. The number of thioether (sulfide) groups is 1. The molecule has 1 amide bonds. The number of nitrogens with zero attached hydrogens (tertiary/aromatic N) is 2. The fourth-order valence-electron chi connectivity index (χ4n) is 3.12. The largest absolute Gasteiger partial charge is 0.465 e. The Labute approximate surface area is 187 Å². The van der Waals surface area contributed by atoms with E-state index >= 15 is 0 Å². The van der Waals surface area contributed by atoms with Crippen LogP contribution in [0, 0.1) is 0 Å². The molecule has 0 saturated heterocycles. The van der Waals surface area contributed by atoms with E-state index in [2.05, 4.69) is 10.3 Å². The van der Waals surface area contributed by atoms with Crippen LogP contribution in [0.25, 0.3) is 10.9 Å². The van der Waals surface area contributed by atoms with E-state index in [1.807, 2.05) is 18.2 Å². The smallest absolute Gasteiger partial charge is 0.337 e. The predicted molar refractivity (Wildman–Crippen MR) is 120 cm³/mol. The number of carbonyl (C=O) groups is 2. The number of hydrogen-bond donors (Lipinski definition) is 1. The second-order valence-corrected chi connectivity index (χ2v) is 8.58. The van der Waals surface area contributed by atoms with Crippen molar-refractivity contribution in [2.75, 3.05) is 12.9 Å². The normalized spacial score (nSPS) is 13.2. The van der Waals surface area contributed by atoms with Crippen LogP contribution in [-0.2, 0) is 16.1 Å². The van der Waals surface area contributed by atoms with E-state index < -0.39 is 5.97 Å². The van der Waals surface area contributed by atoms with E-state index in [-0.39, 0.29) is 29.8 Å². The Morgan fingerprint density at radius 1 is 1.26 bits per heavy atom. The Kier molecular flexibility index (Phi) is 6.29. The number of fused-ring (bicyclic) bond motifs is 1. The van der Waals surface area contributed by atoms with Gasteiger partial charge in [-0.25, -0.2) is 9.78 Å². The van der Waals surface area contributed by atoms with Gasteiger partial charge >= 0.3 is 5.97 Å². The summed E-state index contributed by atoms with van der Waals surface area (Å²) in [4.78, 5) is 42.0. The maximum absolute atomic E-state index is 13.3. The van der Waals surface area contributed by atoms with Gasteiger partial charge in [0.15, 0.2) is 5.16 Å². The summed E-state index contributed by atoms with van der Waals surface area (Å²) in [6, 6.07) is 12.1. The standard InChI is InChI=1S/C22H20ClN3O4S/c1-30-21(29)13-6-9-16-18(10-13)25-22(31-12-19(27)24-15-7-8-15)26(20(16)28)11-14-4-2-3-5-17(14)23/h2-6,9-10,15H,7-8,11-12H2,1H3,(H,24,27). The Balaban J connectivity index is 1.74. The third-order valence-corrected chi connectivity index (χ3v) is 6.25. The van der Waals surface area contributed by atoms with Crippen LogP contribution in [0.1, 0.15) is 28.8 Å². The zero-order valence-corrected chi connectivity index (χ0v) is 18.3. The first kappa shape index (κ1) is 21.4. The van der Waals surface area contributed by atoms with Crippen molar-refractivity contribution in [2.45, 2.75) is 30.6 Å². The average Bonchev–Trinajstić information content (AvgIpc) is 3.58. The number of aromatic nitrogens is 2. The lowest BCUT2D eigenvalue weighted by Crippen LogP contribution is -2.28. The molecule has 0 unspecified atom stereocenters. The van der Waals surface area contributed by atoms with Crippen LogP contribution >= 0.6 is 23.4 Å². The highest BCUT2D eigenvalue weighted by atomic mass is 35.5. The van der Waals surface area contributed by atoms with Gasteiger partial charge in [-0.2, -0.15) is 0 Å². The lowest BCUT2D eigenvalue weighted by Gasteiger charge is -2.14. The molecule has 1 aliphatic carbocycles. The van der Waals surface area contributed by atoms with Crippen LogP contribution in [-0.4, -0.2) is 40.3 Å². The van der Waals surface area contributed by atoms with Crippen molar-refractivity contribution in [3.05, 3.63) is 69.0 Å². The number of ether oxygens (including phenoxy) is 1. The quantitative estimate of drug-likeness (QED) is 0.333. The topological polar surface area (TPSA) is 90.3 Å². The van der Waals surface area contributed by atoms with Crippen molar-refractivity contribution in [1.29, 1.82) is 0 Å². The van der Waals surface area contributed by atoms with E-state index in [0.29, 0.717) is 26.6 Å². The Morgan fingerprint density at radius 3 is 2.74 bits per heavy atom. The highest BCUT2D eigenvalue weighted by Gasteiger charge is 2.23. The van der Waals surface area contributed by atoms with Crippen molar-refractivity contribution in [1.82, 2.24) is 14.9 Å². The molecule has 9 heteroatoms. The summed E-state index contributed by atoms with van der Waals surface area (Å²) in [5.41, 5.74) is 1.16. The first-order valence-corrected chi connectivity index (χ1v) is 11.1. The van der Waals surface area contributed by atoms with Crippen LogP contribution in [0.15, 0.2) is 52.4 Å². The molecule has 0 spiro atoms. The number of benzene rings is 2. The minimum atomic E-state index is -0.512. The van der Waals surface area contributed by atoms with Crippen molar-refractivity contribution < 1.29 is 14.3 Å². The predicted octanol–water partition coefficient (Wildman–Crippen LogP) is 3.26. The molecule has 0 radical (unpaired) electrons. The molecule has 1 aliphatic rings. The van der Waals surface area contributed by atoms with Crippen molar-refractivity contribution in [3.8, 4) is 0 Å². The van der Waals surface area contributed by atoms with Crippen molar-refractivity contribution in [2.24, 2.45) is 0 Å². The maximum atomic E-state index is 13.3. The Bertz CT molecular complexity index is 1220. The average molecular weight is 458 g/mol.